The second-order valence-corrected chi connectivity index (χ2v) is 11.3. The summed E-state index contributed by atoms with van der Waals surface area (Å²) in [5.41, 5.74) is -0.584. The number of nitrogens with one attached hydrogen (secondary N) is 1. The van der Waals surface area contributed by atoms with E-state index in [1.54, 1.807) is 16.6 Å². The van der Waals surface area contributed by atoms with E-state index in [9.17, 15) is 13.2 Å². The van der Waals surface area contributed by atoms with Gasteiger partial charge in [0.25, 0.3) is 10.2 Å². The molecule has 1 N–H and O–H groups in total. The van der Waals surface area contributed by atoms with Crippen LogP contribution in [0.25, 0.3) is 11.0 Å². The molecule has 0 aromatic carbocycles. The molecule has 2 saturated heterocycles. The normalized spacial score (nSPS) is 21.7. The lowest BCUT2D eigenvalue weighted by Gasteiger charge is -2.42. The van der Waals surface area contributed by atoms with Crippen molar-refractivity contribution in [2.45, 2.75) is 50.8 Å². The Labute approximate surface area is 186 Å². The number of carbonyl (C=O) groups excluding carboxylic acids is 1. The first-order valence-electron chi connectivity index (χ1n) is 10.8. The molecule has 0 bridgehead atoms. The minimum absolute atomic E-state index is 0.150. The zero-order valence-corrected chi connectivity index (χ0v) is 19.3. The monoisotopic (exact) mass is 464 g/mol. The molecule has 32 heavy (non-hydrogen) atoms. The number of anilines is 1. The van der Waals surface area contributed by atoms with Gasteiger partial charge in [0, 0.05) is 25.8 Å². The van der Waals surface area contributed by atoms with Gasteiger partial charge in [-0.15, -0.1) is 0 Å². The fourth-order valence-electron chi connectivity index (χ4n) is 4.30. The molecule has 1 saturated carbocycles. The van der Waals surface area contributed by atoms with Crippen molar-refractivity contribution in [2.24, 2.45) is 0 Å². The summed E-state index contributed by atoms with van der Waals surface area (Å²) < 4.78 is 42.2. The summed E-state index contributed by atoms with van der Waals surface area (Å²) in [7, 11) is -3.58. The number of fused-ring (bicyclic) bond motifs is 1. The largest absolute Gasteiger partial charge is 0.443 e. The van der Waals surface area contributed by atoms with E-state index in [-0.39, 0.29) is 6.04 Å². The zero-order valence-electron chi connectivity index (χ0n) is 18.4. The third-order valence-corrected chi connectivity index (χ3v) is 7.79. The van der Waals surface area contributed by atoms with E-state index in [2.05, 4.69) is 19.6 Å². The molecule has 2 aliphatic heterocycles. The predicted molar refractivity (Wildman–Crippen MR) is 117 cm³/mol. The van der Waals surface area contributed by atoms with Crippen molar-refractivity contribution >= 4 is 33.2 Å². The minimum atomic E-state index is -3.58. The number of nitrogens with zero attached hydrogens (tertiary/aromatic N) is 5. The zero-order chi connectivity index (χ0) is 22.7. The van der Waals surface area contributed by atoms with Crippen molar-refractivity contribution in [1.29, 1.82) is 0 Å². The number of hydrogen-bond donors (Lipinski definition) is 1. The van der Waals surface area contributed by atoms with Gasteiger partial charge in [0.2, 0.25) is 0 Å². The smallest absolute Gasteiger partial charge is 0.420 e. The van der Waals surface area contributed by atoms with Gasteiger partial charge in [-0.2, -0.15) is 17.4 Å². The van der Waals surface area contributed by atoms with E-state index < -0.39 is 27.4 Å². The van der Waals surface area contributed by atoms with Crippen LogP contribution in [0.15, 0.2) is 18.6 Å². The fraction of sp³-hybridized carbons (Fsp3) is 0.650. The van der Waals surface area contributed by atoms with Crippen LogP contribution >= 0.6 is 0 Å². The Morgan fingerprint density at radius 1 is 1.25 bits per heavy atom. The highest BCUT2D eigenvalue weighted by atomic mass is 32.2. The van der Waals surface area contributed by atoms with E-state index in [4.69, 9.17) is 9.47 Å². The van der Waals surface area contributed by atoms with Crippen LogP contribution in [-0.4, -0.2) is 83.4 Å². The average Bonchev–Trinajstić information content (AvgIpc) is 3.28. The molecule has 0 amide bonds. The van der Waals surface area contributed by atoms with Gasteiger partial charge in [-0.1, -0.05) is 0 Å². The number of piperazine rings is 1. The molecular formula is C20H28N6O5S. The standard InChI is InChI=1S/C20H28N6O5S/c1-19(2,3)31-18(27)25-7-4-15-16(21-13-22-17(15)25)24-8-9-26(20(12-24)5-6-20)32(28,29)23-14-10-30-11-14/h4,7,13-14,23H,5-6,8-12H2,1-3H3. The molecule has 1 aliphatic carbocycles. The molecule has 0 unspecified atom stereocenters. The van der Waals surface area contributed by atoms with Crippen molar-refractivity contribution in [2.75, 3.05) is 37.7 Å². The van der Waals surface area contributed by atoms with Crippen LogP contribution in [0, 0.1) is 0 Å². The highest BCUT2D eigenvalue weighted by Crippen LogP contribution is 2.46. The second-order valence-electron chi connectivity index (χ2n) is 9.68. The van der Waals surface area contributed by atoms with E-state index in [0.29, 0.717) is 44.3 Å². The average molecular weight is 465 g/mol. The van der Waals surface area contributed by atoms with Crippen LogP contribution in [0.5, 0.6) is 0 Å². The number of carbonyl (C=O) groups is 1. The summed E-state index contributed by atoms with van der Waals surface area (Å²) in [4.78, 5) is 23.5. The maximum absolute atomic E-state index is 13.0. The van der Waals surface area contributed by atoms with E-state index >= 15 is 0 Å². The number of rotatable bonds is 4. The Morgan fingerprint density at radius 3 is 2.62 bits per heavy atom. The Kier molecular flexibility index (Phi) is 4.97. The lowest BCUT2D eigenvalue weighted by Crippen LogP contribution is -2.62. The predicted octanol–water partition coefficient (Wildman–Crippen LogP) is 1.10. The summed E-state index contributed by atoms with van der Waals surface area (Å²) in [5.74, 6) is 0.695. The quantitative estimate of drug-likeness (QED) is 0.715. The number of ether oxygens (including phenoxy) is 2. The molecular weight excluding hydrogens is 436 g/mol. The summed E-state index contributed by atoms with van der Waals surface area (Å²) in [6.07, 6.45) is 4.17. The van der Waals surface area contributed by atoms with Crippen LogP contribution in [0.3, 0.4) is 0 Å². The Hall–Kier alpha value is -2.28. The third-order valence-electron chi connectivity index (χ3n) is 6.01. The first-order chi connectivity index (χ1) is 15.1. The Balaban J connectivity index is 1.39. The van der Waals surface area contributed by atoms with Crippen LogP contribution in [0.2, 0.25) is 0 Å². The molecule has 174 valence electrons. The van der Waals surface area contributed by atoms with Crippen LogP contribution in [-0.2, 0) is 19.7 Å². The van der Waals surface area contributed by atoms with Crippen LogP contribution in [0.4, 0.5) is 10.6 Å². The second kappa shape index (κ2) is 7.37. The van der Waals surface area contributed by atoms with Crippen molar-refractivity contribution in [3.05, 3.63) is 18.6 Å². The topological polar surface area (TPSA) is 119 Å². The molecule has 2 aromatic rings. The molecule has 1 spiro atoms. The SMILES string of the molecule is CC(C)(C)OC(=O)n1ccc2c(N3CCN(S(=O)(=O)NC4COC4)C4(CC4)C3)ncnc21. The van der Waals surface area contributed by atoms with E-state index in [1.807, 2.05) is 20.8 Å². The molecule has 2 aromatic heterocycles. The Bertz CT molecular complexity index is 1150. The van der Waals surface area contributed by atoms with Gasteiger partial charge in [0.05, 0.1) is 30.2 Å². The van der Waals surface area contributed by atoms with Gasteiger partial charge in [-0.05, 0) is 39.7 Å². The van der Waals surface area contributed by atoms with Crippen molar-refractivity contribution < 1.29 is 22.7 Å². The highest BCUT2D eigenvalue weighted by molar-refractivity contribution is 7.87. The minimum Gasteiger partial charge on any atom is -0.443 e. The van der Waals surface area contributed by atoms with Crippen molar-refractivity contribution in [3.8, 4) is 0 Å². The Morgan fingerprint density at radius 2 is 2.00 bits per heavy atom. The molecule has 12 heteroatoms. The van der Waals surface area contributed by atoms with Crippen LogP contribution in [0.1, 0.15) is 33.6 Å². The number of hydrogen-bond acceptors (Lipinski definition) is 8. The lowest BCUT2D eigenvalue weighted by atomic mass is 10.2. The molecule has 4 heterocycles. The van der Waals surface area contributed by atoms with Gasteiger partial charge in [0.15, 0.2) is 5.65 Å². The van der Waals surface area contributed by atoms with Crippen molar-refractivity contribution in [1.82, 2.24) is 23.6 Å². The first kappa shape index (κ1) is 21.6. The number of aromatic nitrogens is 3. The molecule has 0 radical (unpaired) electrons. The summed E-state index contributed by atoms with van der Waals surface area (Å²) in [6, 6.07) is 1.65. The summed E-state index contributed by atoms with van der Waals surface area (Å²) in [6.45, 7) is 7.67. The molecule has 5 rings (SSSR count). The highest BCUT2D eigenvalue weighted by Gasteiger charge is 2.56. The maximum Gasteiger partial charge on any atom is 0.420 e. The van der Waals surface area contributed by atoms with Crippen LogP contribution < -0.4 is 9.62 Å². The first-order valence-corrected chi connectivity index (χ1v) is 12.2. The molecule has 0 atom stereocenters. The third kappa shape index (κ3) is 3.85. The maximum atomic E-state index is 13.0. The molecule has 11 nitrogen and oxygen atoms in total. The van der Waals surface area contributed by atoms with Crippen molar-refractivity contribution in [3.63, 3.8) is 0 Å². The van der Waals surface area contributed by atoms with Gasteiger partial charge < -0.3 is 14.4 Å². The molecule has 3 fully saturated rings. The van der Waals surface area contributed by atoms with Gasteiger partial charge in [0.1, 0.15) is 17.7 Å². The van der Waals surface area contributed by atoms with E-state index in [0.717, 1.165) is 18.2 Å². The fourth-order valence-corrected chi connectivity index (χ4v) is 6.05. The van der Waals surface area contributed by atoms with Gasteiger partial charge >= 0.3 is 6.09 Å². The lowest BCUT2D eigenvalue weighted by molar-refractivity contribution is 0.00383. The molecule has 3 aliphatic rings. The van der Waals surface area contributed by atoms with Gasteiger partial charge in [-0.3, -0.25) is 0 Å². The summed E-state index contributed by atoms with van der Waals surface area (Å²) >= 11 is 0. The summed E-state index contributed by atoms with van der Waals surface area (Å²) in [5, 5.41) is 0.732. The van der Waals surface area contributed by atoms with E-state index in [1.165, 1.54) is 10.9 Å². The van der Waals surface area contributed by atoms with Gasteiger partial charge in [-0.25, -0.2) is 19.3 Å².